The highest BCUT2D eigenvalue weighted by Gasteiger charge is 2.00. The highest BCUT2D eigenvalue weighted by molar-refractivity contribution is 5.03. The summed E-state index contributed by atoms with van der Waals surface area (Å²) in [6.07, 6.45) is 5.16. The largest absolute Gasteiger partial charge is 0.380 e. The molecular weight excluding hydrogens is 238 g/mol. The van der Waals surface area contributed by atoms with Gasteiger partial charge >= 0.3 is 0 Å². The Hall–Kier alpha value is -0.870. The molecule has 0 fully saturated rings. The van der Waals surface area contributed by atoms with Gasteiger partial charge in [0.05, 0.1) is 19.3 Å². The number of hydrogen-bond acceptors (Lipinski definition) is 3. The topological polar surface area (TPSA) is 39.1 Å². The average molecular weight is 267 g/mol. The summed E-state index contributed by atoms with van der Waals surface area (Å²) < 4.78 is 7.55. The minimum atomic E-state index is 0.685. The van der Waals surface area contributed by atoms with Gasteiger partial charge < -0.3 is 10.1 Å². The number of nitrogens with one attached hydrogen (secondary N) is 1. The lowest BCUT2D eigenvalue weighted by Crippen LogP contribution is -2.18. The van der Waals surface area contributed by atoms with Crippen molar-refractivity contribution in [1.82, 2.24) is 15.1 Å². The Bertz CT molecular complexity index is 334. The van der Waals surface area contributed by atoms with Gasteiger partial charge in [-0.1, -0.05) is 27.7 Å². The van der Waals surface area contributed by atoms with Crippen molar-refractivity contribution in [3.8, 4) is 0 Å². The van der Waals surface area contributed by atoms with Crippen LogP contribution < -0.4 is 5.32 Å². The number of rotatable bonds is 10. The molecule has 0 aliphatic rings. The van der Waals surface area contributed by atoms with Crippen LogP contribution in [0.2, 0.25) is 0 Å². The normalized spacial score (nSPS) is 11.7. The first-order chi connectivity index (χ1) is 9.08. The molecule has 0 aliphatic heterocycles. The molecule has 1 N–H and O–H groups in total. The van der Waals surface area contributed by atoms with E-state index in [-0.39, 0.29) is 0 Å². The molecule has 0 amide bonds. The summed E-state index contributed by atoms with van der Waals surface area (Å²) in [5.74, 6) is 1.40. The van der Waals surface area contributed by atoms with E-state index >= 15 is 0 Å². The van der Waals surface area contributed by atoms with E-state index in [9.17, 15) is 0 Å². The van der Waals surface area contributed by atoms with Crippen molar-refractivity contribution in [3.05, 3.63) is 18.0 Å². The molecule has 0 aromatic carbocycles. The van der Waals surface area contributed by atoms with Crippen LogP contribution in [0.3, 0.4) is 0 Å². The lowest BCUT2D eigenvalue weighted by Gasteiger charge is -2.06. The maximum absolute atomic E-state index is 5.59. The highest BCUT2D eigenvalue weighted by atomic mass is 16.5. The molecule has 0 atom stereocenters. The minimum absolute atomic E-state index is 0.685. The van der Waals surface area contributed by atoms with Crippen molar-refractivity contribution in [3.63, 3.8) is 0 Å². The molecule has 110 valence electrons. The molecule has 1 aromatic heterocycles. The molecule has 1 heterocycles. The standard InChI is InChI=1S/C15H29N3O/c1-13(2)5-7-19-8-6-18-12-15(11-17-18)10-16-9-14(3)4/h11-14,16H,5-10H2,1-4H3. The van der Waals surface area contributed by atoms with Gasteiger partial charge in [0.2, 0.25) is 0 Å². The second kappa shape index (κ2) is 9.10. The van der Waals surface area contributed by atoms with Crippen LogP contribution in [0.1, 0.15) is 39.7 Å². The molecule has 4 nitrogen and oxygen atoms in total. The third-order valence-corrected chi connectivity index (χ3v) is 2.87. The Morgan fingerprint density at radius 3 is 2.68 bits per heavy atom. The van der Waals surface area contributed by atoms with Gasteiger partial charge in [-0.05, 0) is 24.8 Å². The summed E-state index contributed by atoms with van der Waals surface area (Å²) in [4.78, 5) is 0. The van der Waals surface area contributed by atoms with Gasteiger partial charge in [-0.25, -0.2) is 0 Å². The fourth-order valence-corrected chi connectivity index (χ4v) is 1.70. The van der Waals surface area contributed by atoms with Crippen molar-refractivity contribution >= 4 is 0 Å². The Labute approximate surface area is 117 Å². The molecule has 19 heavy (non-hydrogen) atoms. The van der Waals surface area contributed by atoms with Crippen LogP contribution >= 0.6 is 0 Å². The van der Waals surface area contributed by atoms with E-state index in [1.54, 1.807) is 0 Å². The molecule has 0 unspecified atom stereocenters. The fraction of sp³-hybridized carbons (Fsp3) is 0.800. The maximum atomic E-state index is 5.59. The summed E-state index contributed by atoms with van der Waals surface area (Å²) in [6.45, 7) is 13.2. The fourth-order valence-electron chi connectivity index (χ4n) is 1.70. The van der Waals surface area contributed by atoms with E-state index in [4.69, 9.17) is 4.74 Å². The maximum Gasteiger partial charge on any atom is 0.0662 e. The molecule has 0 radical (unpaired) electrons. The molecule has 1 aromatic rings. The molecule has 0 spiro atoms. The van der Waals surface area contributed by atoms with E-state index in [1.807, 2.05) is 10.9 Å². The van der Waals surface area contributed by atoms with E-state index in [0.717, 1.165) is 39.3 Å². The van der Waals surface area contributed by atoms with Crippen molar-refractivity contribution in [2.75, 3.05) is 19.8 Å². The van der Waals surface area contributed by atoms with Crippen LogP contribution in [0.5, 0.6) is 0 Å². The van der Waals surface area contributed by atoms with Crippen LogP contribution in [0.25, 0.3) is 0 Å². The second-order valence-corrected chi connectivity index (χ2v) is 5.93. The number of hydrogen-bond donors (Lipinski definition) is 1. The first-order valence-electron chi connectivity index (χ1n) is 7.37. The van der Waals surface area contributed by atoms with Crippen LogP contribution in [-0.4, -0.2) is 29.5 Å². The Kier molecular flexibility index (Phi) is 7.75. The van der Waals surface area contributed by atoms with Crippen molar-refractivity contribution in [2.24, 2.45) is 11.8 Å². The average Bonchev–Trinajstić information content (AvgIpc) is 2.76. The zero-order valence-electron chi connectivity index (χ0n) is 12.9. The number of nitrogens with zero attached hydrogens (tertiary/aromatic N) is 2. The third-order valence-electron chi connectivity index (χ3n) is 2.87. The number of aromatic nitrogens is 2. The third kappa shape index (κ3) is 8.01. The first kappa shape index (κ1) is 16.2. The second-order valence-electron chi connectivity index (χ2n) is 5.93. The molecule has 1 rings (SSSR count). The van der Waals surface area contributed by atoms with Crippen molar-refractivity contribution in [1.29, 1.82) is 0 Å². The molecule has 0 saturated carbocycles. The Morgan fingerprint density at radius 1 is 1.21 bits per heavy atom. The first-order valence-corrected chi connectivity index (χ1v) is 7.37. The van der Waals surface area contributed by atoms with Crippen molar-refractivity contribution < 1.29 is 4.74 Å². The van der Waals surface area contributed by atoms with Gasteiger partial charge in [0.25, 0.3) is 0 Å². The number of ether oxygens (including phenoxy) is 1. The monoisotopic (exact) mass is 267 g/mol. The summed E-state index contributed by atoms with van der Waals surface area (Å²) in [6, 6.07) is 0. The van der Waals surface area contributed by atoms with Gasteiger partial charge in [0, 0.05) is 24.9 Å². The highest BCUT2D eigenvalue weighted by Crippen LogP contribution is 2.00. The van der Waals surface area contributed by atoms with E-state index < -0.39 is 0 Å². The zero-order valence-corrected chi connectivity index (χ0v) is 12.9. The Morgan fingerprint density at radius 2 is 2.00 bits per heavy atom. The predicted molar refractivity (Wildman–Crippen MR) is 79.0 cm³/mol. The van der Waals surface area contributed by atoms with Gasteiger partial charge in [-0.2, -0.15) is 5.10 Å². The molecule has 4 heteroatoms. The summed E-state index contributed by atoms with van der Waals surface area (Å²) >= 11 is 0. The molecule has 0 aliphatic carbocycles. The van der Waals surface area contributed by atoms with Gasteiger partial charge in [0.1, 0.15) is 0 Å². The zero-order chi connectivity index (χ0) is 14.1. The summed E-state index contributed by atoms with van der Waals surface area (Å²) in [7, 11) is 0. The summed E-state index contributed by atoms with van der Waals surface area (Å²) in [5, 5.41) is 7.76. The van der Waals surface area contributed by atoms with Crippen LogP contribution in [0, 0.1) is 11.8 Å². The SMILES string of the molecule is CC(C)CCOCCn1cc(CNCC(C)C)cn1. The predicted octanol–water partition coefficient (Wildman–Crippen LogP) is 2.69. The minimum Gasteiger partial charge on any atom is -0.380 e. The van der Waals surface area contributed by atoms with Crippen LogP contribution in [-0.2, 0) is 17.8 Å². The van der Waals surface area contributed by atoms with E-state index in [1.165, 1.54) is 5.56 Å². The van der Waals surface area contributed by atoms with E-state index in [0.29, 0.717) is 11.8 Å². The lowest BCUT2D eigenvalue weighted by atomic mass is 10.1. The quantitative estimate of drug-likeness (QED) is 0.662. The van der Waals surface area contributed by atoms with E-state index in [2.05, 4.69) is 44.3 Å². The van der Waals surface area contributed by atoms with Crippen molar-refractivity contribution in [2.45, 2.75) is 47.2 Å². The smallest absolute Gasteiger partial charge is 0.0662 e. The molecule has 0 saturated heterocycles. The van der Waals surface area contributed by atoms with Crippen LogP contribution in [0.4, 0.5) is 0 Å². The molecule has 0 bridgehead atoms. The molecular formula is C15H29N3O. The lowest BCUT2D eigenvalue weighted by molar-refractivity contribution is 0.114. The van der Waals surface area contributed by atoms with Gasteiger partial charge in [-0.15, -0.1) is 0 Å². The van der Waals surface area contributed by atoms with Gasteiger partial charge in [0.15, 0.2) is 0 Å². The Balaban J connectivity index is 2.12. The van der Waals surface area contributed by atoms with Gasteiger partial charge in [-0.3, -0.25) is 4.68 Å². The summed E-state index contributed by atoms with van der Waals surface area (Å²) in [5.41, 5.74) is 1.24. The van der Waals surface area contributed by atoms with Crippen LogP contribution in [0.15, 0.2) is 12.4 Å².